The molecule has 2 aromatic heterocycles. The van der Waals surface area contributed by atoms with E-state index in [9.17, 15) is 14.7 Å². The summed E-state index contributed by atoms with van der Waals surface area (Å²) in [5.41, 5.74) is 1.64. The molecule has 0 radical (unpaired) electrons. The van der Waals surface area contributed by atoms with Gasteiger partial charge in [-0.3, -0.25) is 4.79 Å². The quantitative estimate of drug-likeness (QED) is 0.365. The van der Waals surface area contributed by atoms with Crippen LogP contribution >= 0.6 is 11.8 Å². The average Bonchev–Trinajstić information content (AvgIpc) is 3.11. The molecular formula is C20H17N4O3S-. The van der Waals surface area contributed by atoms with Crippen molar-refractivity contribution < 1.29 is 9.90 Å². The lowest BCUT2D eigenvalue weighted by Crippen LogP contribution is -2.24. The molecule has 0 spiro atoms. The van der Waals surface area contributed by atoms with Gasteiger partial charge in [0.05, 0.1) is 23.5 Å². The van der Waals surface area contributed by atoms with Crippen molar-refractivity contribution in [1.82, 2.24) is 19.3 Å². The van der Waals surface area contributed by atoms with Gasteiger partial charge in [0.1, 0.15) is 0 Å². The number of carboxylic acids is 1. The van der Waals surface area contributed by atoms with Crippen molar-refractivity contribution in [2.75, 3.05) is 5.75 Å². The molecule has 0 saturated carbocycles. The summed E-state index contributed by atoms with van der Waals surface area (Å²) in [7, 11) is 0. The molecule has 0 aliphatic rings. The van der Waals surface area contributed by atoms with Gasteiger partial charge in [0.15, 0.2) is 16.4 Å². The fourth-order valence-electron chi connectivity index (χ4n) is 3.37. The number of aliphatic carboxylic acids is 1. The van der Waals surface area contributed by atoms with Gasteiger partial charge in [-0.15, -0.1) is 10.2 Å². The summed E-state index contributed by atoms with van der Waals surface area (Å²) in [6, 6.07) is 15.0. The first kappa shape index (κ1) is 18.2. The first-order chi connectivity index (χ1) is 13.6. The normalized spacial score (nSPS) is 11.3. The molecule has 8 heteroatoms. The summed E-state index contributed by atoms with van der Waals surface area (Å²) < 4.78 is 3.94. The molecule has 0 aliphatic carbocycles. The molecule has 0 bridgehead atoms. The standard InChI is InChI=1S/C20H18N4O3S/c1-2-23-17(21-22-20(23)28-12-18(25)26)11-24-15-9-5-3-7-13(15)19(27)14-8-4-6-10-16(14)24/h3-10H,2,11-12H2,1H3,(H,25,26)/p-1. The highest BCUT2D eigenvalue weighted by atomic mass is 32.2. The first-order valence-corrected chi connectivity index (χ1v) is 9.83. The van der Waals surface area contributed by atoms with Crippen LogP contribution in [0, 0.1) is 0 Å². The van der Waals surface area contributed by atoms with Gasteiger partial charge >= 0.3 is 0 Å². The van der Waals surface area contributed by atoms with E-state index in [1.807, 2.05) is 60.0 Å². The fourth-order valence-corrected chi connectivity index (χ4v) is 4.11. The third-order valence-electron chi connectivity index (χ3n) is 4.61. The van der Waals surface area contributed by atoms with Crippen LogP contribution < -0.4 is 10.5 Å². The molecule has 28 heavy (non-hydrogen) atoms. The van der Waals surface area contributed by atoms with E-state index in [0.29, 0.717) is 34.8 Å². The van der Waals surface area contributed by atoms with E-state index in [4.69, 9.17) is 0 Å². The number of aromatic nitrogens is 4. The second kappa shape index (κ2) is 7.47. The number of hydrogen-bond donors (Lipinski definition) is 0. The summed E-state index contributed by atoms with van der Waals surface area (Å²) in [6.07, 6.45) is 0. The Bertz CT molecular complexity index is 1190. The highest BCUT2D eigenvalue weighted by Gasteiger charge is 2.15. The van der Waals surface area contributed by atoms with Crippen molar-refractivity contribution in [2.24, 2.45) is 0 Å². The predicted molar refractivity (Wildman–Crippen MR) is 106 cm³/mol. The van der Waals surface area contributed by atoms with Crippen LogP contribution in [-0.4, -0.2) is 31.1 Å². The number of rotatable bonds is 6. The number of carboxylic acid groups (broad SMARTS) is 1. The lowest BCUT2D eigenvalue weighted by atomic mass is 10.1. The van der Waals surface area contributed by atoms with E-state index in [1.165, 1.54) is 0 Å². The number of benzene rings is 2. The van der Waals surface area contributed by atoms with E-state index in [0.717, 1.165) is 22.8 Å². The van der Waals surface area contributed by atoms with Crippen molar-refractivity contribution >= 4 is 39.5 Å². The molecule has 0 amide bonds. The van der Waals surface area contributed by atoms with Crippen LogP contribution in [0.1, 0.15) is 12.7 Å². The first-order valence-electron chi connectivity index (χ1n) is 8.85. The zero-order valence-electron chi connectivity index (χ0n) is 15.2. The van der Waals surface area contributed by atoms with Gasteiger partial charge in [-0.25, -0.2) is 0 Å². The highest BCUT2D eigenvalue weighted by molar-refractivity contribution is 7.99. The molecule has 4 rings (SSSR count). The average molecular weight is 393 g/mol. The maximum absolute atomic E-state index is 12.9. The van der Waals surface area contributed by atoms with Crippen molar-refractivity contribution in [3.63, 3.8) is 0 Å². The fraction of sp³-hybridized carbons (Fsp3) is 0.200. The minimum Gasteiger partial charge on any atom is -0.549 e. The van der Waals surface area contributed by atoms with Gasteiger partial charge in [-0.2, -0.15) is 0 Å². The number of carbonyl (C=O) groups excluding carboxylic acids is 1. The van der Waals surface area contributed by atoms with E-state index >= 15 is 0 Å². The minimum absolute atomic E-state index is 0.00427. The second-order valence-electron chi connectivity index (χ2n) is 6.25. The Morgan fingerprint density at radius 1 is 1.00 bits per heavy atom. The third-order valence-corrected chi connectivity index (χ3v) is 5.55. The lowest BCUT2D eigenvalue weighted by Gasteiger charge is -2.15. The summed E-state index contributed by atoms with van der Waals surface area (Å²) in [5, 5.41) is 21.0. The second-order valence-corrected chi connectivity index (χ2v) is 7.20. The number of carbonyl (C=O) groups is 1. The summed E-state index contributed by atoms with van der Waals surface area (Å²) >= 11 is 1.09. The number of pyridine rings is 1. The number of para-hydroxylation sites is 2. The summed E-state index contributed by atoms with van der Waals surface area (Å²) in [5.74, 6) is -0.626. The topological polar surface area (TPSA) is 92.8 Å². The van der Waals surface area contributed by atoms with Gasteiger partial charge < -0.3 is 19.0 Å². The molecule has 0 fully saturated rings. The largest absolute Gasteiger partial charge is 0.549 e. The molecule has 0 N–H and O–H groups in total. The Kier molecular flexibility index (Phi) is 4.87. The maximum Gasteiger partial charge on any atom is 0.197 e. The van der Waals surface area contributed by atoms with Gasteiger partial charge in [0.2, 0.25) is 0 Å². The van der Waals surface area contributed by atoms with Crippen LogP contribution in [0.2, 0.25) is 0 Å². The van der Waals surface area contributed by atoms with Crippen LogP contribution in [0.4, 0.5) is 0 Å². The Hall–Kier alpha value is -3.13. The summed E-state index contributed by atoms with van der Waals surface area (Å²) in [6.45, 7) is 2.97. The number of hydrogen-bond acceptors (Lipinski definition) is 6. The van der Waals surface area contributed by atoms with Gasteiger partial charge in [0.25, 0.3) is 0 Å². The molecule has 0 saturated heterocycles. The molecule has 7 nitrogen and oxygen atoms in total. The van der Waals surface area contributed by atoms with Gasteiger partial charge in [-0.05, 0) is 31.2 Å². The molecular weight excluding hydrogens is 376 g/mol. The molecule has 2 heterocycles. The monoisotopic (exact) mass is 393 g/mol. The van der Waals surface area contributed by atoms with Crippen molar-refractivity contribution in [3.8, 4) is 0 Å². The zero-order valence-corrected chi connectivity index (χ0v) is 16.0. The van der Waals surface area contributed by atoms with Gasteiger partial charge in [0, 0.05) is 23.1 Å². The molecule has 0 unspecified atom stereocenters. The van der Waals surface area contributed by atoms with Crippen LogP contribution in [0.15, 0.2) is 58.5 Å². The number of thioether (sulfide) groups is 1. The Morgan fingerprint density at radius 3 is 2.18 bits per heavy atom. The predicted octanol–water partition coefficient (Wildman–Crippen LogP) is 1.66. The Morgan fingerprint density at radius 2 is 1.61 bits per heavy atom. The summed E-state index contributed by atoms with van der Waals surface area (Å²) in [4.78, 5) is 23.6. The number of fused-ring (bicyclic) bond motifs is 2. The van der Waals surface area contributed by atoms with Crippen molar-refractivity contribution in [2.45, 2.75) is 25.2 Å². The third kappa shape index (κ3) is 3.16. The molecule has 0 atom stereocenters. The Balaban J connectivity index is 1.87. The lowest BCUT2D eigenvalue weighted by molar-refractivity contribution is -0.301. The Labute approximate surface area is 164 Å². The van der Waals surface area contributed by atoms with E-state index < -0.39 is 5.97 Å². The maximum atomic E-state index is 12.9. The molecule has 4 aromatic rings. The SMILES string of the molecule is CCn1c(Cn2c3ccccc3c(=O)c3ccccc32)nnc1SCC(=O)[O-]. The number of nitrogens with zero attached hydrogens (tertiary/aromatic N) is 4. The van der Waals surface area contributed by atoms with E-state index in [2.05, 4.69) is 14.8 Å². The smallest absolute Gasteiger partial charge is 0.197 e. The van der Waals surface area contributed by atoms with E-state index in [1.54, 1.807) is 0 Å². The molecule has 2 aromatic carbocycles. The zero-order chi connectivity index (χ0) is 19.7. The van der Waals surface area contributed by atoms with Crippen LogP contribution in [0.3, 0.4) is 0 Å². The van der Waals surface area contributed by atoms with Crippen LogP contribution in [0.25, 0.3) is 21.8 Å². The van der Waals surface area contributed by atoms with Crippen LogP contribution in [0.5, 0.6) is 0 Å². The molecule has 142 valence electrons. The minimum atomic E-state index is -1.14. The van der Waals surface area contributed by atoms with Crippen LogP contribution in [-0.2, 0) is 17.9 Å². The van der Waals surface area contributed by atoms with E-state index in [-0.39, 0.29) is 11.2 Å². The van der Waals surface area contributed by atoms with Gasteiger partial charge in [-0.1, -0.05) is 36.0 Å². The van der Waals surface area contributed by atoms with Crippen molar-refractivity contribution in [3.05, 3.63) is 64.6 Å². The highest BCUT2D eigenvalue weighted by Crippen LogP contribution is 2.22. The van der Waals surface area contributed by atoms with Crippen molar-refractivity contribution in [1.29, 1.82) is 0 Å². The molecule has 0 aliphatic heterocycles.